The topological polar surface area (TPSA) is 183 Å². The minimum Gasteiger partial charge on any atom is -0.382 e. The number of benzene rings is 1. The number of aromatic amines is 1. The van der Waals surface area contributed by atoms with Crippen molar-refractivity contribution in [1.82, 2.24) is 49.4 Å². The number of rotatable bonds is 5. The number of carbonyl (C=O) groups excluding carboxylic acids is 1. The van der Waals surface area contributed by atoms with Gasteiger partial charge in [-0.2, -0.15) is 19.8 Å². The largest absolute Gasteiger partial charge is 0.382 e. The molecule has 1 unspecified atom stereocenters. The normalized spacial score (nSPS) is 20.0. The number of nitrogen functional groups attached to an aromatic ring is 1. The van der Waals surface area contributed by atoms with Crippen molar-refractivity contribution >= 4 is 38.1 Å². The minimum absolute atomic E-state index is 0.0108. The fraction of sp³-hybridized carbons (Fsp3) is 0.300. The van der Waals surface area contributed by atoms with E-state index in [1.165, 1.54) is 10.8 Å². The maximum Gasteiger partial charge on any atom is 0.291 e. The monoisotopic (exact) mass is 623 g/mol. The second-order valence-electron chi connectivity index (χ2n) is 11.9. The van der Waals surface area contributed by atoms with Crippen molar-refractivity contribution in [1.29, 1.82) is 0 Å². The zero-order valence-electron chi connectivity index (χ0n) is 24.5. The molecule has 6 aromatic rings. The Morgan fingerprint density at radius 1 is 1.04 bits per heavy atom. The Morgan fingerprint density at radius 2 is 1.82 bits per heavy atom. The number of nitrogens with two attached hydrogens (primary N) is 1. The molecule has 3 N–H and O–H groups in total. The average molecular weight is 624 g/mol. The van der Waals surface area contributed by atoms with Crippen LogP contribution in [0, 0.1) is 0 Å². The number of nitrogens with zero attached hydrogens (tertiary/aromatic N) is 9. The Hall–Kier alpha value is -5.18. The quantitative estimate of drug-likeness (QED) is 0.289. The molecule has 0 aliphatic carbocycles. The SMILES string of the molecule is Cn1cc2cc(-c3ccc(-c4cnn5c(N)c(S(C)(=O)=O)c(C6C[C@H]7CC[C@@H](C6)N7C(=O)c6ncn[nH]6)nc45)cn3)ccc2n1. The molecule has 2 saturated heterocycles. The summed E-state index contributed by atoms with van der Waals surface area (Å²) in [5.74, 6) is -0.194. The fourth-order valence-electron chi connectivity index (χ4n) is 7.07. The first-order valence-electron chi connectivity index (χ1n) is 14.6. The third kappa shape index (κ3) is 4.44. The summed E-state index contributed by atoms with van der Waals surface area (Å²) in [5.41, 5.74) is 11.6. The van der Waals surface area contributed by atoms with Gasteiger partial charge in [-0.25, -0.2) is 18.4 Å². The van der Waals surface area contributed by atoms with Gasteiger partial charge in [-0.05, 0) is 43.9 Å². The Kier molecular flexibility index (Phi) is 6.03. The molecule has 0 spiro atoms. The number of hydrogen-bond donors (Lipinski definition) is 2. The number of amides is 1. The van der Waals surface area contributed by atoms with E-state index in [9.17, 15) is 13.2 Å². The van der Waals surface area contributed by atoms with Crippen LogP contribution in [0.5, 0.6) is 0 Å². The summed E-state index contributed by atoms with van der Waals surface area (Å²) in [6.07, 6.45) is 10.6. The smallest absolute Gasteiger partial charge is 0.291 e. The maximum absolute atomic E-state index is 13.2. The zero-order valence-corrected chi connectivity index (χ0v) is 25.3. The van der Waals surface area contributed by atoms with Crippen LogP contribution < -0.4 is 5.73 Å². The molecule has 2 fully saturated rings. The number of aromatic nitrogens is 9. The first-order valence-corrected chi connectivity index (χ1v) is 16.5. The molecule has 8 rings (SSSR count). The van der Waals surface area contributed by atoms with E-state index in [2.05, 4.69) is 31.4 Å². The van der Waals surface area contributed by atoms with Crippen molar-refractivity contribution < 1.29 is 13.2 Å². The van der Waals surface area contributed by atoms with E-state index in [4.69, 9.17) is 15.7 Å². The first kappa shape index (κ1) is 27.4. The lowest BCUT2D eigenvalue weighted by Crippen LogP contribution is -2.46. The van der Waals surface area contributed by atoms with Crippen LogP contribution in [-0.2, 0) is 16.9 Å². The van der Waals surface area contributed by atoms with Gasteiger partial charge in [-0.3, -0.25) is 19.6 Å². The van der Waals surface area contributed by atoms with Crippen LogP contribution in [-0.4, -0.2) is 82.1 Å². The number of sulfone groups is 1. The Bertz CT molecular complexity index is 2210. The summed E-state index contributed by atoms with van der Waals surface area (Å²) in [6, 6.07) is 9.74. The van der Waals surface area contributed by atoms with Crippen molar-refractivity contribution in [2.45, 2.75) is 48.6 Å². The molecule has 228 valence electrons. The molecule has 15 heteroatoms. The number of fused-ring (bicyclic) bond motifs is 4. The van der Waals surface area contributed by atoms with Crippen molar-refractivity contribution in [3.63, 3.8) is 0 Å². The van der Waals surface area contributed by atoms with Crippen LogP contribution in [0.3, 0.4) is 0 Å². The zero-order chi connectivity index (χ0) is 31.0. The summed E-state index contributed by atoms with van der Waals surface area (Å²) in [4.78, 5) is 28.8. The van der Waals surface area contributed by atoms with Crippen molar-refractivity contribution in [2.75, 3.05) is 12.0 Å². The van der Waals surface area contributed by atoms with Crippen LogP contribution in [0.25, 0.3) is 38.9 Å². The molecule has 0 radical (unpaired) electrons. The predicted molar refractivity (Wildman–Crippen MR) is 165 cm³/mol. The molecule has 2 bridgehead atoms. The summed E-state index contributed by atoms with van der Waals surface area (Å²) in [5, 5.41) is 16.4. The summed E-state index contributed by atoms with van der Waals surface area (Å²) >= 11 is 0. The highest BCUT2D eigenvalue weighted by molar-refractivity contribution is 7.91. The third-order valence-electron chi connectivity index (χ3n) is 9.00. The van der Waals surface area contributed by atoms with E-state index < -0.39 is 9.84 Å². The maximum atomic E-state index is 13.2. The molecule has 5 aromatic heterocycles. The van der Waals surface area contributed by atoms with Gasteiger partial charge in [0.15, 0.2) is 15.5 Å². The number of pyridine rings is 1. The van der Waals surface area contributed by atoms with Crippen LogP contribution in [0.2, 0.25) is 0 Å². The Balaban J connectivity index is 1.17. The molecule has 2 aliphatic rings. The molecular weight excluding hydrogens is 594 g/mol. The van der Waals surface area contributed by atoms with Crippen molar-refractivity contribution in [2.24, 2.45) is 7.05 Å². The lowest BCUT2D eigenvalue weighted by Gasteiger charge is -2.38. The number of nitrogens with one attached hydrogen (secondary N) is 1. The molecule has 2 aliphatic heterocycles. The molecule has 14 nitrogen and oxygen atoms in total. The van der Waals surface area contributed by atoms with Gasteiger partial charge in [0.25, 0.3) is 5.91 Å². The fourth-order valence-corrected chi connectivity index (χ4v) is 8.13. The summed E-state index contributed by atoms with van der Waals surface area (Å²) < 4.78 is 29.4. The lowest BCUT2D eigenvalue weighted by molar-refractivity contribution is 0.0556. The van der Waals surface area contributed by atoms with E-state index in [0.29, 0.717) is 29.7 Å². The van der Waals surface area contributed by atoms with Crippen LogP contribution >= 0.6 is 0 Å². The number of carbonyl (C=O) groups is 1. The van der Waals surface area contributed by atoms with E-state index in [0.717, 1.165) is 46.8 Å². The van der Waals surface area contributed by atoms with Crippen molar-refractivity contribution in [3.05, 3.63) is 66.8 Å². The van der Waals surface area contributed by atoms with Gasteiger partial charge in [0.05, 0.1) is 23.1 Å². The molecule has 1 aromatic carbocycles. The second-order valence-corrected chi connectivity index (χ2v) is 13.8. The highest BCUT2D eigenvalue weighted by Gasteiger charge is 2.46. The highest BCUT2D eigenvalue weighted by atomic mass is 32.2. The van der Waals surface area contributed by atoms with Crippen LogP contribution in [0.15, 0.2) is 60.1 Å². The predicted octanol–water partition coefficient (Wildman–Crippen LogP) is 3.00. The first-order chi connectivity index (χ1) is 21.7. The van der Waals surface area contributed by atoms with Gasteiger partial charge in [-0.1, -0.05) is 12.1 Å². The van der Waals surface area contributed by atoms with Crippen molar-refractivity contribution in [3.8, 4) is 22.4 Å². The van der Waals surface area contributed by atoms with Gasteiger partial charge >= 0.3 is 0 Å². The lowest BCUT2D eigenvalue weighted by atomic mass is 9.87. The van der Waals surface area contributed by atoms with E-state index in [1.54, 1.807) is 17.1 Å². The number of anilines is 1. The average Bonchev–Trinajstić information content (AvgIpc) is 3.81. The summed E-state index contributed by atoms with van der Waals surface area (Å²) in [7, 11) is -1.87. The van der Waals surface area contributed by atoms with Gasteiger partial charge in [0.1, 0.15) is 17.0 Å². The van der Waals surface area contributed by atoms with Gasteiger partial charge in [0, 0.05) is 65.8 Å². The van der Waals surface area contributed by atoms with Crippen LogP contribution in [0.1, 0.15) is 47.9 Å². The molecule has 3 atom stereocenters. The van der Waals surface area contributed by atoms with E-state index in [-0.39, 0.29) is 40.4 Å². The number of aryl methyl sites for hydroxylation is 1. The Morgan fingerprint density at radius 3 is 2.51 bits per heavy atom. The summed E-state index contributed by atoms with van der Waals surface area (Å²) in [6.45, 7) is 0. The van der Waals surface area contributed by atoms with E-state index >= 15 is 0 Å². The molecule has 1 amide bonds. The minimum atomic E-state index is -3.76. The second kappa shape index (κ2) is 9.92. The number of piperidine rings is 1. The van der Waals surface area contributed by atoms with Crippen LogP contribution in [0.4, 0.5) is 5.82 Å². The highest BCUT2D eigenvalue weighted by Crippen LogP contribution is 2.45. The molecule has 0 saturated carbocycles. The number of H-pyrrole nitrogens is 1. The van der Waals surface area contributed by atoms with Gasteiger partial charge in [-0.15, -0.1) is 0 Å². The van der Waals surface area contributed by atoms with Gasteiger partial charge < -0.3 is 10.6 Å². The molecule has 45 heavy (non-hydrogen) atoms. The molecular formula is C30H29N11O3S. The standard InChI is InChI=1S/C30H29N11O3S/c1-39-14-19-9-16(3-8-24(19)38-39)23-7-4-17(12-32-23)22-13-35-41-27(31)26(45(2,43)44)25(36-29(22)41)18-10-20-5-6-21(11-18)40(20)30(42)28-33-15-34-37-28/h3-4,7-9,12-15,18,20-21H,5-6,10-11,31H2,1-2H3,(H,33,34,37)/t18?,20-,21+. The van der Waals surface area contributed by atoms with Gasteiger partial charge in [0.2, 0.25) is 5.82 Å². The molecule has 7 heterocycles. The Labute approximate surface area is 257 Å². The third-order valence-corrected chi connectivity index (χ3v) is 10.2. The van der Waals surface area contributed by atoms with E-state index in [1.807, 2.05) is 42.4 Å². The number of hydrogen-bond acceptors (Lipinski definition) is 10.